The molecule has 1 aliphatic rings. The Kier molecular flexibility index (Phi) is 4.57. The summed E-state index contributed by atoms with van der Waals surface area (Å²) in [5.41, 5.74) is 3.89. The van der Waals surface area contributed by atoms with Crippen LogP contribution in [-0.4, -0.2) is 11.1 Å². The molecular weight excluding hydrogens is 272 g/mol. The van der Waals surface area contributed by atoms with Crippen molar-refractivity contribution in [1.29, 1.82) is 0 Å². The lowest BCUT2D eigenvalue weighted by Gasteiger charge is -2.05. The van der Waals surface area contributed by atoms with Gasteiger partial charge in [-0.05, 0) is 54.2 Å². The van der Waals surface area contributed by atoms with E-state index < -0.39 is 5.97 Å². The number of aliphatic carboxylic acids is 1. The molecule has 1 fully saturated rings. The third-order valence-electron chi connectivity index (χ3n) is 4.66. The largest absolute Gasteiger partial charge is 0.481 e. The van der Waals surface area contributed by atoms with Gasteiger partial charge in [-0.25, -0.2) is 0 Å². The maximum absolute atomic E-state index is 10.6. The minimum absolute atomic E-state index is 0.326. The predicted octanol–water partition coefficient (Wildman–Crippen LogP) is 4.79. The van der Waals surface area contributed by atoms with Gasteiger partial charge in [-0.15, -0.1) is 0 Å². The predicted molar refractivity (Wildman–Crippen MR) is 88.7 cm³/mol. The van der Waals surface area contributed by atoms with E-state index in [-0.39, 0.29) is 0 Å². The van der Waals surface area contributed by atoms with E-state index in [1.807, 2.05) is 6.07 Å². The summed E-state index contributed by atoms with van der Waals surface area (Å²) in [5.74, 6) is 0.731. The second kappa shape index (κ2) is 6.78. The van der Waals surface area contributed by atoms with Crippen molar-refractivity contribution in [3.8, 4) is 11.1 Å². The average Bonchev–Trinajstić information content (AvgIpc) is 3.31. The third-order valence-corrected chi connectivity index (χ3v) is 4.66. The van der Waals surface area contributed by atoms with Crippen molar-refractivity contribution < 1.29 is 9.90 Å². The van der Waals surface area contributed by atoms with Crippen molar-refractivity contribution >= 4 is 5.97 Å². The van der Waals surface area contributed by atoms with Crippen LogP contribution >= 0.6 is 0 Å². The molecule has 2 aromatic rings. The molecule has 2 atom stereocenters. The first-order valence-electron chi connectivity index (χ1n) is 8.08. The molecule has 1 N–H and O–H groups in total. The van der Waals surface area contributed by atoms with Crippen LogP contribution in [0.2, 0.25) is 0 Å². The Labute approximate surface area is 131 Å². The fourth-order valence-electron chi connectivity index (χ4n) is 3.17. The molecule has 114 valence electrons. The fraction of sp³-hybridized carbons (Fsp3) is 0.350. The molecule has 0 unspecified atom stereocenters. The van der Waals surface area contributed by atoms with Crippen LogP contribution < -0.4 is 0 Å². The Balaban J connectivity index is 1.47. The second-order valence-corrected chi connectivity index (χ2v) is 6.29. The molecule has 2 aromatic carbocycles. The Morgan fingerprint density at radius 2 is 1.55 bits per heavy atom. The zero-order valence-corrected chi connectivity index (χ0v) is 12.7. The van der Waals surface area contributed by atoms with Crippen LogP contribution in [0.1, 0.15) is 31.2 Å². The van der Waals surface area contributed by atoms with E-state index in [0.29, 0.717) is 12.3 Å². The Morgan fingerprint density at radius 3 is 2.23 bits per heavy atom. The molecule has 0 spiro atoms. The lowest BCUT2D eigenvalue weighted by molar-refractivity contribution is -0.137. The lowest BCUT2D eigenvalue weighted by atomic mass is 10.0. The van der Waals surface area contributed by atoms with E-state index in [1.54, 1.807) is 0 Å². The minimum atomic E-state index is -0.665. The lowest BCUT2D eigenvalue weighted by Crippen LogP contribution is -1.96. The Hall–Kier alpha value is -2.09. The van der Waals surface area contributed by atoms with Gasteiger partial charge < -0.3 is 5.11 Å². The van der Waals surface area contributed by atoms with Crippen molar-refractivity contribution in [3.05, 3.63) is 60.2 Å². The average molecular weight is 294 g/mol. The molecule has 0 aliphatic heterocycles. The Morgan fingerprint density at radius 1 is 0.909 bits per heavy atom. The van der Waals surface area contributed by atoms with Crippen LogP contribution in [0.5, 0.6) is 0 Å². The standard InChI is InChI=1S/C20H22O2/c21-20(22)13-12-19-14-18(19)11-8-15-6-9-17(10-7-15)16-4-2-1-3-5-16/h1-7,9-10,18-19H,8,11-14H2,(H,21,22)/t18-,19-/m1/s1. The number of hydrogen-bond donors (Lipinski definition) is 1. The fourth-order valence-corrected chi connectivity index (χ4v) is 3.17. The molecule has 22 heavy (non-hydrogen) atoms. The van der Waals surface area contributed by atoms with Crippen molar-refractivity contribution in [2.75, 3.05) is 0 Å². The van der Waals surface area contributed by atoms with Crippen molar-refractivity contribution in [2.45, 2.75) is 32.1 Å². The van der Waals surface area contributed by atoms with Crippen molar-refractivity contribution in [2.24, 2.45) is 11.8 Å². The van der Waals surface area contributed by atoms with Crippen LogP contribution in [0.4, 0.5) is 0 Å². The molecular formula is C20H22O2. The van der Waals surface area contributed by atoms with Crippen LogP contribution in [0, 0.1) is 11.8 Å². The molecule has 1 saturated carbocycles. The van der Waals surface area contributed by atoms with Gasteiger partial charge in [0, 0.05) is 6.42 Å². The smallest absolute Gasteiger partial charge is 0.303 e. The molecule has 0 radical (unpaired) electrons. The summed E-state index contributed by atoms with van der Waals surface area (Å²) in [6.45, 7) is 0. The molecule has 3 rings (SSSR count). The normalized spacial score (nSPS) is 19.8. The molecule has 0 saturated heterocycles. The maximum Gasteiger partial charge on any atom is 0.303 e. The van der Waals surface area contributed by atoms with Gasteiger partial charge >= 0.3 is 5.97 Å². The van der Waals surface area contributed by atoms with E-state index in [2.05, 4.69) is 48.5 Å². The molecule has 0 bridgehead atoms. The van der Waals surface area contributed by atoms with Crippen LogP contribution in [0.15, 0.2) is 54.6 Å². The number of aryl methyl sites for hydroxylation is 1. The first-order chi connectivity index (χ1) is 10.7. The summed E-state index contributed by atoms with van der Waals surface area (Å²) >= 11 is 0. The van der Waals surface area contributed by atoms with Gasteiger partial charge in [0.1, 0.15) is 0 Å². The molecule has 2 nitrogen and oxygen atoms in total. The number of carboxylic acids is 1. The van der Waals surface area contributed by atoms with Crippen LogP contribution in [-0.2, 0) is 11.2 Å². The molecule has 0 amide bonds. The van der Waals surface area contributed by atoms with Crippen LogP contribution in [0.3, 0.4) is 0 Å². The highest BCUT2D eigenvalue weighted by atomic mass is 16.4. The summed E-state index contributed by atoms with van der Waals surface area (Å²) < 4.78 is 0. The number of hydrogen-bond acceptors (Lipinski definition) is 1. The van der Waals surface area contributed by atoms with Crippen molar-refractivity contribution in [1.82, 2.24) is 0 Å². The van der Waals surface area contributed by atoms with E-state index in [4.69, 9.17) is 5.11 Å². The van der Waals surface area contributed by atoms with Gasteiger partial charge in [0.2, 0.25) is 0 Å². The van der Waals surface area contributed by atoms with Gasteiger partial charge in [0.25, 0.3) is 0 Å². The zero-order chi connectivity index (χ0) is 15.4. The highest BCUT2D eigenvalue weighted by Crippen LogP contribution is 2.45. The summed E-state index contributed by atoms with van der Waals surface area (Å²) in [6.07, 6.45) is 4.69. The van der Waals surface area contributed by atoms with Gasteiger partial charge in [-0.1, -0.05) is 54.6 Å². The first-order valence-corrected chi connectivity index (χ1v) is 8.08. The monoisotopic (exact) mass is 294 g/mol. The quantitative estimate of drug-likeness (QED) is 0.797. The minimum Gasteiger partial charge on any atom is -0.481 e. The summed E-state index contributed by atoms with van der Waals surface area (Å²) in [5, 5.41) is 8.70. The van der Waals surface area contributed by atoms with Gasteiger partial charge in [0.05, 0.1) is 0 Å². The number of carbonyl (C=O) groups is 1. The van der Waals surface area contributed by atoms with Gasteiger partial charge in [-0.2, -0.15) is 0 Å². The van der Waals surface area contributed by atoms with E-state index in [9.17, 15) is 4.79 Å². The molecule has 1 aliphatic carbocycles. The highest BCUT2D eigenvalue weighted by Gasteiger charge is 2.35. The first kappa shape index (κ1) is 14.8. The van der Waals surface area contributed by atoms with Gasteiger partial charge in [0.15, 0.2) is 0 Å². The summed E-state index contributed by atoms with van der Waals surface area (Å²) in [7, 11) is 0. The van der Waals surface area contributed by atoms with Crippen LogP contribution in [0.25, 0.3) is 11.1 Å². The number of benzene rings is 2. The van der Waals surface area contributed by atoms with E-state index in [1.165, 1.54) is 29.5 Å². The SMILES string of the molecule is O=C(O)CC[C@@H]1C[C@H]1CCc1ccc(-c2ccccc2)cc1. The maximum atomic E-state index is 10.6. The van der Waals surface area contributed by atoms with Gasteiger partial charge in [-0.3, -0.25) is 4.79 Å². The molecule has 0 heterocycles. The number of carboxylic acid groups (broad SMARTS) is 1. The summed E-state index contributed by atoms with van der Waals surface area (Å²) in [4.78, 5) is 10.6. The van der Waals surface area contributed by atoms with E-state index >= 15 is 0 Å². The highest BCUT2D eigenvalue weighted by molar-refractivity contribution is 5.66. The summed E-state index contributed by atoms with van der Waals surface area (Å²) in [6, 6.07) is 19.3. The van der Waals surface area contributed by atoms with Crippen molar-refractivity contribution in [3.63, 3.8) is 0 Å². The molecule has 0 aromatic heterocycles. The van der Waals surface area contributed by atoms with E-state index in [0.717, 1.165) is 18.8 Å². The molecule has 2 heteroatoms. The topological polar surface area (TPSA) is 37.3 Å². The number of rotatable bonds is 7. The zero-order valence-electron chi connectivity index (χ0n) is 12.7. The second-order valence-electron chi connectivity index (χ2n) is 6.29. The Bertz CT molecular complexity index is 616. The third kappa shape index (κ3) is 3.97.